The Morgan fingerprint density at radius 1 is 0.518 bits per heavy atom. The van der Waals surface area contributed by atoms with Crippen molar-refractivity contribution in [1.29, 1.82) is 0 Å². The van der Waals surface area contributed by atoms with Crippen LogP contribution in [0, 0.1) is 11.8 Å². The molecule has 5 aromatic carbocycles. The van der Waals surface area contributed by atoms with Crippen molar-refractivity contribution in [2.75, 3.05) is 0 Å². The summed E-state index contributed by atoms with van der Waals surface area (Å²) in [5.41, 5.74) is 17.3. The maximum atomic E-state index is 3.69. The first-order valence-electron chi connectivity index (χ1n) is 19.9. The normalized spacial score (nSPS) is 16.8. The van der Waals surface area contributed by atoms with Crippen molar-refractivity contribution in [2.24, 2.45) is 11.8 Å². The molecule has 0 aliphatic heterocycles. The molecule has 0 nitrogen and oxygen atoms in total. The van der Waals surface area contributed by atoms with Crippen molar-refractivity contribution in [3.8, 4) is 22.3 Å². The average molecular weight is 1010 g/mol. The van der Waals surface area contributed by atoms with E-state index in [1.165, 1.54) is 76.6 Å². The minimum absolute atomic E-state index is 0.427. The molecule has 0 fully saturated rings. The van der Waals surface area contributed by atoms with Gasteiger partial charge in [-0.05, 0) is 142 Å². The number of hydrogen-bond acceptors (Lipinski definition) is 0. The van der Waals surface area contributed by atoms with Crippen LogP contribution in [0.15, 0.2) is 162 Å². The molecule has 0 N–H and O–H groups in total. The number of benzene rings is 5. The summed E-state index contributed by atoms with van der Waals surface area (Å²) in [7, 11) is -1.21. The maximum absolute atomic E-state index is 3.69. The summed E-state index contributed by atoms with van der Waals surface area (Å²) in [5, 5.41) is 1.63. The predicted molar refractivity (Wildman–Crippen MR) is 257 cm³/mol. The van der Waals surface area contributed by atoms with E-state index in [0.29, 0.717) is 23.7 Å². The molecule has 2 unspecified atom stereocenters. The van der Waals surface area contributed by atoms with Crippen LogP contribution in [-0.2, 0) is 0 Å². The zero-order chi connectivity index (χ0) is 39.3. The molecule has 4 aliphatic carbocycles. The van der Waals surface area contributed by atoms with Crippen LogP contribution in [0.4, 0.5) is 0 Å². The van der Waals surface area contributed by atoms with Crippen LogP contribution < -0.4 is 0 Å². The number of fused-ring (bicyclic) bond motifs is 6. The van der Waals surface area contributed by atoms with E-state index in [1.54, 1.807) is 10.8 Å². The molecule has 2 atom stereocenters. The Morgan fingerprint density at radius 3 is 1.30 bits per heavy atom. The lowest BCUT2D eigenvalue weighted by molar-refractivity contribution is 0.512. The zero-order valence-electron chi connectivity index (χ0n) is 32.8. The fraction of sp³-hybridized carbons (Fsp3) is 0.255. The summed E-state index contributed by atoms with van der Waals surface area (Å²) in [4.78, 5) is 0. The summed E-state index contributed by atoms with van der Waals surface area (Å²) < 4.78 is 4.67. The van der Waals surface area contributed by atoms with Gasteiger partial charge < -0.3 is 0 Å². The Morgan fingerprint density at radius 2 is 0.911 bits per heavy atom. The van der Waals surface area contributed by atoms with Gasteiger partial charge in [-0.3, -0.25) is 0 Å². The number of rotatable bonds is 8. The molecule has 9 rings (SSSR count). The van der Waals surface area contributed by atoms with Crippen molar-refractivity contribution < 1.29 is 0 Å². The molecular formula is C51H48Br4Si. The van der Waals surface area contributed by atoms with Gasteiger partial charge in [0.2, 0.25) is 0 Å². The zero-order valence-corrected chi connectivity index (χ0v) is 40.1. The van der Waals surface area contributed by atoms with E-state index in [9.17, 15) is 0 Å². The third-order valence-corrected chi connectivity index (χ3v) is 16.2. The molecule has 5 aromatic rings. The summed E-state index contributed by atoms with van der Waals surface area (Å²) in [5.74, 6) is 2.00. The molecule has 0 bridgehead atoms. The standard InChI is InChI=1S/C27H22Br2.C24H26Br2Si/c1-17(13-18-7-8-20(14-18)19-5-3-2-4-6-19)27-25-15-21(28)9-11-23(25)24-12-10-22(29)16-26(24)27;1-15(11-16-5-8-19(12-16)27(2,3)4)24-22-13-17(25)6-9-20(22)21-10-7-18(26)14-23(21)24/h2-6,8-12,14-17,27H,7,13H2,1H3;6-10,12-15,24H,5,11H2,1-4H3. The van der Waals surface area contributed by atoms with Crippen molar-refractivity contribution in [3.63, 3.8) is 0 Å². The largest absolute Gasteiger partial charge is 0.0812 e. The van der Waals surface area contributed by atoms with Crippen molar-refractivity contribution in [1.82, 2.24) is 0 Å². The molecule has 5 heteroatoms. The monoisotopic (exact) mass is 1000 g/mol. The van der Waals surface area contributed by atoms with Crippen LogP contribution in [-0.4, -0.2) is 8.07 Å². The van der Waals surface area contributed by atoms with Gasteiger partial charge in [-0.1, -0.05) is 192 Å². The van der Waals surface area contributed by atoms with Gasteiger partial charge in [-0.25, -0.2) is 0 Å². The van der Waals surface area contributed by atoms with Gasteiger partial charge in [-0.2, -0.15) is 0 Å². The Bertz CT molecular complexity index is 2340. The van der Waals surface area contributed by atoms with Gasteiger partial charge in [0.15, 0.2) is 0 Å². The second kappa shape index (κ2) is 16.5. The van der Waals surface area contributed by atoms with Crippen LogP contribution in [0.25, 0.3) is 27.8 Å². The van der Waals surface area contributed by atoms with E-state index in [1.807, 2.05) is 0 Å². The van der Waals surface area contributed by atoms with Crippen LogP contribution >= 0.6 is 63.7 Å². The van der Waals surface area contributed by atoms with Gasteiger partial charge in [0.25, 0.3) is 0 Å². The van der Waals surface area contributed by atoms with Crippen molar-refractivity contribution in [2.45, 2.75) is 71.0 Å². The number of hydrogen-bond donors (Lipinski definition) is 0. The molecule has 0 heterocycles. The van der Waals surface area contributed by atoms with Gasteiger partial charge in [0, 0.05) is 29.7 Å². The van der Waals surface area contributed by atoms with E-state index in [4.69, 9.17) is 0 Å². The van der Waals surface area contributed by atoms with Crippen LogP contribution in [0.5, 0.6) is 0 Å². The Kier molecular flexibility index (Phi) is 11.7. The lowest BCUT2D eigenvalue weighted by Crippen LogP contribution is -2.21. The summed E-state index contributed by atoms with van der Waals surface area (Å²) >= 11 is 14.8. The molecule has 0 spiro atoms. The lowest BCUT2D eigenvalue weighted by atomic mass is 9.81. The first-order valence-corrected chi connectivity index (χ1v) is 26.5. The minimum Gasteiger partial charge on any atom is -0.0812 e. The van der Waals surface area contributed by atoms with Crippen LogP contribution in [0.1, 0.15) is 79.2 Å². The maximum Gasteiger partial charge on any atom is 0.0771 e. The molecule has 0 radical (unpaired) electrons. The molecule has 56 heavy (non-hydrogen) atoms. The summed E-state index contributed by atoms with van der Waals surface area (Å²) in [6.07, 6.45) is 14.3. The minimum atomic E-state index is -1.21. The van der Waals surface area contributed by atoms with Gasteiger partial charge in [0.05, 0.1) is 8.07 Å². The van der Waals surface area contributed by atoms with Crippen LogP contribution in [0.2, 0.25) is 19.6 Å². The molecular weight excluding hydrogens is 960 g/mol. The topological polar surface area (TPSA) is 0 Å². The highest BCUT2D eigenvalue weighted by atomic mass is 79.9. The van der Waals surface area contributed by atoms with Crippen molar-refractivity contribution in [3.05, 3.63) is 189 Å². The first kappa shape index (κ1) is 40.0. The number of halogens is 4. The summed E-state index contributed by atoms with van der Waals surface area (Å²) in [6.45, 7) is 12.2. The van der Waals surface area contributed by atoms with E-state index in [0.717, 1.165) is 28.2 Å². The smallest absolute Gasteiger partial charge is 0.0771 e. The molecule has 284 valence electrons. The SMILES string of the molecule is CC(CC1=CC([Si](C)(C)C)=CC1)C1c2cc(Br)ccc2-c2ccc(Br)cc21.CC(CC1=CC(c2ccccc2)=CC1)C1c2cc(Br)ccc2-c2ccc(Br)cc21. The highest BCUT2D eigenvalue weighted by Crippen LogP contribution is 2.53. The van der Waals surface area contributed by atoms with Gasteiger partial charge >= 0.3 is 0 Å². The average Bonchev–Trinajstić information content (AvgIpc) is 3.95. The van der Waals surface area contributed by atoms with E-state index in [-0.39, 0.29) is 0 Å². The molecule has 0 saturated heterocycles. The number of allylic oxidation sites excluding steroid dienone is 8. The lowest BCUT2D eigenvalue weighted by Gasteiger charge is -2.23. The predicted octanol–water partition coefficient (Wildman–Crippen LogP) is 17.2. The highest BCUT2D eigenvalue weighted by Gasteiger charge is 2.35. The second-order valence-corrected chi connectivity index (χ2v) is 25.9. The molecule has 0 amide bonds. The third kappa shape index (κ3) is 8.23. The van der Waals surface area contributed by atoms with E-state index in [2.05, 4.69) is 225 Å². The highest BCUT2D eigenvalue weighted by molar-refractivity contribution is 9.11. The Balaban J connectivity index is 0.000000158. The first-order chi connectivity index (χ1) is 26.8. The Hall–Kier alpha value is -2.80. The van der Waals surface area contributed by atoms with Crippen LogP contribution in [0.3, 0.4) is 0 Å². The molecule has 0 saturated carbocycles. The Labute approximate surface area is 368 Å². The fourth-order valence-electron chi connectivity index (χ4n) is 9.57. The fourth-order valence-corrected chi connectivity index (χ4v) is 12.4. The van der Waals surface area contributed by atoms with E-state index < -0.39 is 8.07 Å². The van der Waals surface area contributed by atoms with E-state index >= 15 is 0 Å². The van der Waals surface area contributed by atoms with Crippen molar-refractivity contribution >= 4 is 77.4 Å². The molecule has 4 aliphatic rings. The van der Waals surface area contributed by atoms with Gasteiger partial charge in [0.1, 0.15) is 0 Å². The summed E-state index contributed by atoms with van der Waals surface area (Å²) in [6, 6.07) is 37.8. The molecule has 0 aromatic heterocycles. The second-order valence-electron chi connectivity index (χ2n) is 17.2. The quantitative estimate of drug-likeness (QED) is 0.136. The van der Waals surface area contributed by atoms with Gasteiger partial charge in [-0.15, -0.1) is 0 Å². The third-order valence-electron chi connectivity index (χ3n) is 12.1.